The highest BCUT2D eigenvalue weighted by molar-refractivity contribution is 5.78. The van der Waals surface area contributed by atoms with Crippen molar-refractivity contribution < 1.29 is 9.53 Å². The van der Waals surface area contributed by atoms with Gasteiger partial charge in [-0.15, -0.1) is 0 Å². The lowest BCUT2D eigenvalue weighted by Gasteiger charge is -2.60. The Hall–Kier alpha value is -3.16. The second-order valence-electron chi connectivity index (χ2n) is 10.7. The van der Waals surface area contributed by atoms with Crippen LogP contribution in [-0.2, 0) is 24.9 Å². The van der Waals surface area contributed by atoms with E-state index in [0.717, 1.165) is 30.6 Å². The van der Waals surface area contributed by atoms with Gasteiger partial charge in [-0.05, 0) is 74.0 Å². The monoisotopic (exact) mass is 461 g/mol. The molecule has 0 saturated heterocycles. The van der Waals surface area contributed by atoms with Gasteiger partial charge in [-0.1, -0.05) is 12.1 Å². The molecule has 3 aromatic rings. The molecule has 178 valence electrons. The van der Waals surface area contributed by atoms with Crippen LogP contribution in [0, 0.1) is 17.8 Å². The lowest BCUT2D eigenvalue weighted by Crippen LogP contribution is -2.61. The van der Waals surface area contributed by atoms with E-state index in [2.05, 4.69) is 21.0 Å². The van der Waals surface area contributed by atoms with E-state index in [1.165, 1.54) is 36.4 Å². The molecule has 7 rings (SSSR count). The van der Waals surface area contributed by atoms with Crippen LogP contribution < -0.4 is 10.3 Å². The number of hydrogen-bond donors (Lipinski definition) is 0. The third kappa shape index (κ3) is 3.51. The number of rotatable bonds is 6. The van der Waals surface area contributed by atoms with Crippen LogP contribution in [0.3, 0.4) is 0 Å². The number of carbonyl (C=O) groups is 1. The Balaban J connectivity index is 1.35. The van der Waals surface area contributed by atoms with Crippen molar-refractivity contribution in [1.82, 2.24) is 24.2 Å². The number of fused-ring (bicyclic) bond motifs is 1. The summed E-state index contributed by atoms with van der Waals surface area (Å²) in [5.41, 5.74) is 1.24. The van der Waals surface area contributed by atoms with Gasteiger partial charge in [0, 0.05) is 19.1 Å². The fourth-order valence-corrected chi connectivity index (χ4v) is 7.28. The molecule has 4 saturated carbocycles. The summed E-state index contributed by atoms with van der Waals surface area (Å²) < 4.78 is 8.45. The van der Waals surface area contributed by atoms with Crippen LogP contribution in [0.15, 0.2) is 41.6 Å². The first-order valence-electron chi connectivity index (χ1n) is 12.2. The lowest BCUT2D eigenvalue weighted by atomic mass is 9.52. The molecular weight excluding hydrogens is 430 g/mol. The highest BCUT2D eigenvalue weighted by Crippen LogP contribution is 2.58. The van der Waals surface area contributed by atoms with Gasteiger partial charge in [0.25, 0.3) is 5.56 Å². The van der Waals surface area contributed by atoms with Crippen molar-refractivity contribution in [3.8, 4) is 5.75 Å². The maximum atomic E-state index is 14.0. The molecule has 4 bridgehead atoms. The molecule has 8 heteroatoms. The summed E-state index contributed by atoms with van der Waals surface area (Å²) in [7, 11) is 3.42. The predicted octanol–water partition coefficient (Wildman–Crippen LogP) is 3.14. The number of aryl methyl sites for hydroxylation is 1. The van der Waals surface area contributed by atoms with Crippen molar-refractivity contribution >= 4 is 16.9 Å². The Kier molecular flexibility index (Phi) is 5.00. The third-order valence-electron chi connectivity index (χ3n) is 8.38. The fourth-order valence-electron chi connectivity index (χ4n) is 7.28. The second kappa shape index (κ2) is 7.96. The first kappa shape index (κ1) is 21.4. The topological polar surface area (TPSA) is 82.2 Å². The minimum atomic E-state index is -0.224. The normalized spacial score (nSPS) is 27.3. The number of methoxy groups -OCH3 is 1. The number of carbonyl (C=O) groups excluding carboxylic acids is 1. The number of hydrogen-bond acceptors (Lipinski definition) is 5. The summed E-state index contributed by atoms with van der Waals surface area (Å²) in [6.07, 6.45) is 10.1. The van der Waals surface area contributed by atoms with Gasteiger partial charge >= 0.3 is 0 Å². The molecule has 2 aromatic heterocycles. The SMILES string of the molecule is COc1cccc(CN(C(=O)Cn2cnc3c(cnn3C)c2=O)C23CC4CC(CC(C4)C2)C3)c1. The number of benzene rings is 1. The van der Waals surface area contributed by atoms with Crippen molar-refractivity contribution in [3.63, 3.8) is 0 Å². The zero-order valence-corrected chi connectivity index (χ0v) is 19.8. The van der Waals surface area contributed by atoms with Crippen molar-refractivity contribution in [2.24, 2.45) is 24.8 Å². The minimum Gasteiger partial charge on any atom is -0.497 e. The molecule has 4 aliphatic rings. The second-order valence-corrected chi connectivity index (χ2v) is 10.7. The summed E-state index contributed by atoms with van der Waals surface area (Å²) in [6.45, 7) is 0.516. The number of amides is 1. The number of aromatic nitrogens is 4. The van der Waals surface area contributed by atoms with Crippen molar-refractivity contribution in [2.75, 3.05) is 7.11 Å². The molecule has 1 aromatic carbocycles. The Morgan fingerprint density at radius 3 is 2.56 bits per heavy atom. The Morgan fingerprint density at radius 2 is 1.88 bits per heavy atom. The van der Waals surface area contributed by atoms with Crippen molar-refractivity contribution in [3.05, 3.63) is 52.7 Å². The number of ether oxygens (including phenoxy) is 1. The molecule has 0 aliphatic heterocycles. The van der Waals surface area contributed by atoms with Gasteiger partial charge in [0.2, 0.25) is 5.91 Å². The molecule has 4 aliphatic carbocycles. The highest BCUT2D eigenvalue weighted by Gasteiger charge is 2.54. The van der Waals surface area contributed by atoms with Crippen LogP contribution in [0.1, 0.15) is 44.1 Å². The quantitative estimate of drug-likeness (QED) is 0.563. The maximum absolute atomic E-state index is 14.0. The summed E-state index contributed by atoms with van der Waals surface area (Å²) in [5, 5.41) is 4.58. The largest absolute Gasteiger partial charge is 0.497 e. The Bertz CT molecular complexity index is 1270. The van der Waals surface area contributed by atoms with Crippen LogP contribution in [0.25, 0.3) is 11.0 Å². The standard InChI is InChI=1S/C26H31N5O3/c1-29-24-22(13-28-29)25(33)30(16-27-24)15-23(32)31(14-17-4-3-5-21(9-17)34-2)26-10-18-6-19(11-26)8-20(7-18)12-26/h3-5,9,13,16,18-20H,6-8,10-12,14-15H2,1-2H3. The lowest BCUT2D eigenvalue weighted by molar-refractivity contribution is -0.153. The smallest absolute Gasteiger partial charge is 0.264 e. The molecule has 1 amide bonds. The summed E-state index contributed by atoms with van der Waals surface area (Å²) in [6, 6.07) is 7.96. The van der Waals surface area contributed by atoms with E-state index in [9.17, 15) is 9.59 Å². The van der Waals surface area contributed by atoms with Gasteiger partial charge in [0.15, 0.2) is 5.65 Å². The van der Waals surface area contributed by atoms with Crippen LogP contribution >= 0.6 is 0 Å². The fraction of sp³-hybridized carbons (Fsp3) is 0.538. The van der Waals surface area contributed by atoms with Gasteiger partial charge in [-0.25, -0.2) is 4.98 Å². The zero-order chi connectivity index (χ0) is 23.4. The molecule has 8 nitrogen and oxygen atoms in total. The average Bonchev–Trinajstić information content (AvgIpc) is 3.19. The molecule has 2 heterocycles. The molecule has 34 heavy (non-hydrogen) atoms. The van der Waals surface area contributed by atoms with E-state index in [0.29, 0.717) is 35.3 Å². The average molecular weight is 462 g/mol. The van der Waals surface area contributed by atoms with Gasteiger partial charge in [-0.3, -0.25) is 18.8 Å². The summed E-state index contributed by atoms with van der Waals surface area (Å²) in [5.74, 6) is 2.91. The molecule has 0 spiro atoms. The molecule has 0 atom stereocenters. The Labute approximate surface area is 198 Å². The third-order valence-corrected chi connectivity index (χ3v) is 8.38. The maximum Gasteiger partial charge on any atom is 0.264 e. The van der Waals surface area contributed by atoms with Gasteiger partial charge in [0.05, 0.1) is 13.3 Å². The van der Waals surface area contributed by atoms with Crippen LogP contribution in [0.4, 0.5) is 0 Å². The highest BCUT2D eigenvalue weighted by atomic mass is 16.5. The Morgan fingerprint density at radius 1 is 1.18 bits per heavy atom. The first-order chi connectivity index (χ1) is 16.4. The molecular formula is C26H31N5O3. The summed E-state index contributed by atoms with van der Waals surface area (Å²) in [4.78, 5) is 33.5. The van der Waals surface area contributed by atoms with Crippen molar-refractivity contribution in [1.29, 1.82) is 0 Å². The van der Waals surface area contributed by atoms with E-state index in [4.69, 9.17) is 4.74 Å². The predicted molar refractivity (Wildman–Crippen MR) is 127 cm³/mol. The van der Waals surface area contributed by atoms with E-state index in [1.54, 1.807) is 18.8 Å². The van der Waals surface area contributed by atoms with Crippen LogP contribution in [0.5, 0.6) is 5.75 Å². The van der Waals surface area contributed by atoms with Gasteiger partial charge < -0.3 is 9.64 Å². The zero-order valence-electron chi connectivity index (χ0n) is 19.8. The van der Waals surface area contributed by atoms with Crippen LogP contribution in [0.2, 0.25) is 0 Å². The van der Waals surface area contributed by atoms with E-state index >= 15 is 0 Å². The van der Waals surface area contributed by atoms with Gasteiger partial charge in [0.1, 0.15) is 24.0 Å². The summed E-state index contributed by atoms with van der Waals surface area (Å²) >= 11 is 0. The first-order valence-corrected chi connectivity index (χ1v) is 12.2. The molecule has 0 radical (unpaired) electrons. The molecule has 4 fully saturated rings. The molecule has 0 unspecified atom stereocenters. The molecule has 0 N–H and O–H groups in total. The number of nitrogens with zero attached hydrogens (tertiary/aromatic N) is 5. The minimum absolute atomic E-state index is 0.0115. The van der Waals surface area contributed by atoms with E-state index in [-0.39, 0.29) is 23.6 Å². The van der Waals surface area contributed by atoms with E-state index in [1.807, 2.05) is 18.2 Å². The van der Waals surface area contributed by atoms with E-state index < -0.39 is 0 Å². The van der Waals surface area contributed by atoms with Crippen molar-refractivity contribution in [2.45, 2.75) is 57.2 Å². The van der Waals surface area contributed by atoms with Crippen LogP contribution in [-0.4, -0.2) is 42.8 Å². The van der Waals surface area contributed by atoms with Gasteiger partial charge in [-0.2, -0.15) is 5.10 Å².